The van der Waals surface area contributed by atoms with Crippen molar-refractivity contribution in [2.75, 3.05) is 12.4 Å². The molecule has 0 amide bonds. The smallest absolute Gasteiger partial charge is 0.243 e. The van der Waals surface area contributed by atoms with Crippen LogP contribution in [0.15, 0.2) is 18.3 Å². The van der Waals surface area contributed by atoms with Gasteiger partial charge in [-0.05, 0) is 25.5 Å². The summed E-state index contributed by atoms with van der Waals surface area (Å²) in [5.74, 6) is 1.11. The van der Waals surface area contributed by atoms with Crippen LogP contribution in [0.4, 0.5) is 5.95 Å². The van der Waals surface area contributed by atoms with Crippen LogP contribution in [0, 0.1) is 13.8 Å². The van der Waals surface area contributed by atoms with E-state index in [-0.39, 0.29) is 0 Å². The molecular weight excluding hydrogens is 230 g/mol. The van der Waals surface area contributed by atoms with Gasteiger partial charge in [-0.1, -0.05) is 0 Å². The highest BCUT2D eigenvalue weighted by molar-refractivity contribution is 5.29. The third kappa shape index (κ3) is 2.91. The summed E-state index contributed by atoms with van der Waals surface area (Å²) in [7, 11) is 1.59. The topological polar surface area (TPSA) is 72.8 Å². The van der Waals surface area contributed by atoms with E-state index in [1.807, 2.05) is 26.0 Å². The number of methoxy groups -OCH3 is 1. The van der Waals surface area contributed by atoms with Crippen LogP contribution in [-0.2, 0) is 6.54 Å². The van der Waals surface area contributed by atoms with Crippen molar-refractivity contribution in [2.45, 2.75) is 20.4 Å². The molecule has 0 saturated heterocycles. The molecule has 2 heterocycles. The van der Waals surface area contributed by atoms with Gasteiger partial charge in [0.15, 0.2) is 0 Å². The summed E-state index contributed by atoms with van der Waals surface area (Å²) in [4.78, 5) is 8.34. The van der Waals surface area contributed by atoms with Crippen molar-refractivity contribution in [1.29, 1.82) is 0 Å². The van der Waals surface area contributed by atoms with E-state index in [0.29, 0.717) is 18.4 Å². The zero-order chi connectivity index (χ0) is 13.0. The lowest BCUT2D eigenvalue weighted by atomic mass is 10.2. The Morgan fingerprint density at radius 2 is 2.06 bits per heavy atom. The van der Waals surface area contributed by atoms with Crippen LogP contribution >= 0.6 is 0 Å². The van der Waals surface area contributed by atoms with E-state index in [0.717, 1.165) is 17.0 Å². The number of ether oxygens (including phenoxy) is 1. The Kier molecular flexibility index (Phi) is 3.66. The Hall–Kier alpha value is -2.24. The Morgan fingerprint density at radius 3 is 2.78 bits per heavy atom. The highest BCUT2D eigenvalue weighted by Gasteiger charge is 2.02. The van der Waals surface area contributed by atoms with E-state index < -0.39 is 0 Å². The van der Waals surface area contributed by atoms with Gasteiger partial charge in [-0.2, -0.15) is 5.10 Å². The molecule has 94 valence electrons. The number of aromatic nitrogens is 4. The minimum absolute atomic E-state index is 0.522. The lowest BCUT2D eigenvalue weighted by molar-refractivity contribution is 0.397. The highest BCUT2D eigenvalue weighted by atomic mass is 16.5. The van der Waals surface area contributed by atoms with Crippen LogP contribution in [0.1, 0.15) is 17.0 Å². The van der Waals surface area contributed by atoms with Gasteiger partial charge in [0.05, 0.1) is 18.5 Å². The second-order valence-corrected chi connectivity index (χ2v) is 3.87. The van der Waals surface area contributed by atoms with Gasteiger partial charge in [0, 0.05) is 18.8 Å². The van der Waals surface area contributed by atoms with Gasteiger partial charge in [-0.25, -0.2) is 9.97 Å². The fraction of sp³-hybridized carbons (Fsp3) is 0.333. The van der Waals surface area contributed by atoms with E-state index in [2.05, 4.69) is 25.5 Å². The molecule has 2 rings (SSSR count). The molecule has 0 atom stereocenters. The molecule has 2 aromatic heterocycles. The number of hydrogen-bond donors (Lipinski definition) is 1. The standard InChI is InChI=1S/C12H15N5O/c1-8-9(2)16-17-12(15-8)14-7-10-4-5-13-11(6-10)18-3/h4-6H,7H2,1-3H3,(H,14,15,17). The number of rotatable bonds is 4. The molecule has 2 aromatic rings. The predicted molar refractivity (Wildman–Crippen MR) is 67.4 cm³/mol. The molecule has 0 unspecified atom stereocenters. The van der Waals surface area contributed by atoms with Crippen molar-refractivity contribution in [2.24, 2.45) is 0 Å². The third-order valence-electron chi connectivity index (χ3n) is 2.55. The SMILES string of the molecule is COc1cc(CNc2nnc(C)c(C)n2)ccn1. The third-order valence-corrected chi connectivity index (χ3v) is 2.55. The highest BCUT2D eigenvalue weighted by Crippen LogP contribution is 2.10. The van der Waals surface area contributed by atoms with Crippen LogP contribution in [0.5, 0.6) is 5.88 Å². The maximum atomic E-state index is 5.06. The van der Waals surface area contributed by atoms with Gasteiger partial charge in [0.2, 0.25) is 11.8 Å². The molecule has 0 radical (unpaired) electrons. The van der Waals surface area contributed by atoms with E-state index in [4.69, 9.17) is 4.74 Å². The number of hydrogen-bond acceptors (Lipinski definition) is 6. The normalized spacial score (nSPS) is 10.2. The van der Waals surface area contributed by atoms with Crippen LogP contribution in [0.3, 0.4) is 0 Å². The van der Waals surface area contributed by atoms with Crippen LogP contribution in [0.2, 0.25) is 0 Å². The summed E-state index contributed by atoms with van der Waals surface area (Å²) < 4.78 is 5.06. The first-order chi connectivity index (χ1) is 8.69. The number of pyridine rings is 1. The summed E-state index contributed by atoms with van der Waals surface area (Å²) >= 11 is 0. The summed E-state index contributed by atoms with van der Waals surface area (Å²) in [6.45, 7) is 4.39. The Bertz CT molecular complexity index is 544. The average molecular weight is 245 g/mol. The zero-order valence-corrected chi connectivity index (χ0v) is 10.6. The summed E-state index contributed by atoms with van der Waals surface area (Å²) in [6.07, 6.45) is 1.70. The fourth-order valence-corrected chi connectivity index (χ4v) is 1.38. The number of aryl methyl sites for hydroxylation is 2. The summed E-state index contributed by atoms with van der Waals surface area (Å²) in [5.41, 5.74) is 2.76. The molecule has 0 aliphatic heterocycles. The summed E-state index contributed by atoms with van der Waals surface area (Å²) in [5, 5.41) is 11.1. The van der Waals surface area contributed by atoms with Crippen molar-refractivity contribution in [3.63, 3.8) is 0 Å². The first kappa shape index (κ1) is 12.2. The second-order valence-electron chi connectivity index (χ2n) is 3.87. The maximum Gasteiger partial charge on any atom is 0.243 e. The molecule has 0 aliphatic rings. The lowest BCUT2D eigenvalue weighted by Gasteiger charge is -2.06. The molecule has 6 nitrogen and oxygen atoms in total. The Balaban J connectivity index is 2.04. The molecule has 0 aromatic carbocycles. The van der Waals surface area contributed by atoms with Crippen molar-refractivity contribution in [1.82, 2.24) is 20.2 Å². The molecule has 0 aliphatic carbocycles. The minimum Gasteiger partial charge on any atom is -0.481 e. The monoisotopic (exact) mass is 245 g/mol. The minimum atomic E-state index is 0.522. The molecule has 0 saturated carbocycles. The van der Waals surface area contributed by atoms with Crippen molar-refractivity contribution >= 4 is 5.95 Å². The largest absolute Gasteiger partial charge is 0.481 e. The quantitative estimate of drug-likeness (QED) is 0.880. The first-order valence-electron chi connectivity index (χ1n) is 5.60. The summed E-state index contributed by atoms with van der Waals surface area (Å²) in [6, 6.07) is 3.77. The molecule has 18 heavy (non-hydrogen) atoms. The molecular formula is C12H15N5O. The van der Waals surface area contributed by atoms with Gasteiger partial charge in [-0.15, -0.1) is 5.10 Å². The molecule has 0 fully saturated rings. The van der Waals surface area contributed by atoms with E-state index in [1.54, 1.807) is 13.3 Å². The lowest BCUT2D eigenvalue weighted by Crippen LogP contribution is -2.07. The van der Waals surface area contributed by atoms with Crippen molar-refractivity contribution in [3.8, 4) is 5.88 Å². The van der Waals surface area contributed by atoms with Crippen molar-refractivity contribution < 1.29 is 4.74 Å². The molecule has 6 heteroatoms. The van der Waals surface area contributed by atoms with E-state index in [1.165, 1.54) is 0 Å². The van der Waals surface area contributed by atoms with Crippen LogP contribution in [0.25, 0.3) is 0 Å². The van der Waals surface area contributed by atoms with E-state index >= 15 is 0 Å². The van der Waals surface area contributed by atoms with E-state index in [9.17, 15) is 0 Å². The average Bonchev–Trinajstić information content (AvgIpc) is 2.40. The van der Waals surface area contributed by atoms with Gasteiger partial charge >= 0.3 is 0 Å². The number of nitrogens with one attached hydrogen (secondary N) is 1. The van der Waals surface area contributed by atoms with Gasteiger partial charge < -0.3 is 10.1 Å². The van der Waals surface area contributed by atoms with Crippen molar-refractivity contribution in [3.05, 3.63) is 35.3 Å². The first-order valence-corrected chi connectivity index (χ1v) is 5.60. The molecule has 0 spiro atoms. The van der Waals surface area contributed by atoms with Crippen LogP contribution < -0.4 is 10.1 Å². The van der Waals surface area contributed by atoms with Gasteiger partial charge in [0.1, 0.15) is 0 Å². The number of anilines is 1. The predicted octanol–water partition coefficient (Wildman–Crippen LogP) is 1.50. The second kappa shape index (κ2) is 5.39. The van der Waals surface area contributed by atoms with Crippen LogP contribution in [-0.4, -0.2) is 27.3 Å². The van der Waals surface area contributed by atoms with Gasteiger partial charge in [-0.3, -0.25) is 0 Å². The zero-order valence-electron chi connectivity index (χ0n) is 10.6. The molecule has 0 bridgehead atoms. The molecule has 1 N–H and O–H groups in total. The van der Waals surface area contributed by atoms with Gasteiger partial charge in [0.25, 0.3) is 0 Å². The Labute approximate surface area is 105 Å². The maximum absolute atomic E-state index is 5.06. The fourth-order valence-electron chi connectivity index (χ4n) is 1.38. The Morgan fingerprint density at radius 1 is 1.22 bits per heavy atom. The number of nitrogens with zero attached hydrogens (tertiary/aromatic N) is 4.